The normalized spacial score (nSPS) is 62.3. The molecule has 0 aliphatic heterocycles. The van der Waals surface area contributed by atoms with Crippen molar-refractivity contribution in [2.75, 3.05) is 0 Å². The Hall–Kier alpha value is 0. The highest BCUT2D eigenvalue weighted by atomic mass is 14.8. The molecule has 9 heavy (non-hydrogen) atoms. The van der Waals surface area contributed by atoms with Gasteiger partial charge in [0.1, 0.15) is 0 Å². The molecule has 2 saturated carbocycles. The maximum atomic E-state index is 2.46. The van der Waals surface area contributed by atoms with Gasteiger partial charge in [-0.25, -0.2) is 0 Å². The second-order valence-electron chi connectivity index (χ2n) is 4.15. The first-order valence-corrected chi connectivity index (χ1v) is 4.17. The Kier molecular flexibility index (Phi) is 0.774. The molecule has 0 aromatic rings. The Morgan fingerprint density at radius 3 is 2.11 bits per heavy atom. The van der Waals surface area contributed by atoms with Crippen molar-refractivity contribution >= 4 is 0 Å². The van der Waals surface area contributed by atoms with Gasteiger partial charge in [-0.3, -0.25) is 0 Å². The van der Waals surface area contributed by atoms with Crippen LogP contribution < -0.4 is 0 Å². The van der Waals surface area contributed by atoms with Crippen molar-refractivity contribution in [3.63, 3.8) is 0 Å². The van der Waals surface area contributed by atoms with Gasteiger partial charge in [-0.2, -0.15) is 0 Å². The second kappa shape index (κ2) is 1.21. The topological polar surface area (TPSA) is 0 Å². The zero-order chi connectivity index (χ0) is 6.70. The molecular weight excluding hydrogens is 108 g/mol. The standard InChI is InChI=1S/C9H16/c1-4-9-6-5-8(9,3)7(9)2/h7H,4-6H2,1-3H3/t7-,8-,9+/m0/s1. The van der Waals surface area contributed by atoms with E-state index in [2.05, 4.69) is 20.8 Å². The summed E-state index contributed by atoms with van der Waals surface area (Å²) in [6.45, 7) is 7.24. The van der Waals surface area contributed by atoms with E-state index in [1.54, 1.807) is 0 Å². The Morgan fingerprint density at radius 1 is 1.44 bits per heavy atom. The van der Waals surface area contributed by atoms with Crippen molar-refractivity contribution in [3.8, 4) is 0 Å². The van der Waals surface area contributed by atoms with Crippen molar-refractivity contribution in [2.45, 2.75) is 40.0 Å². The summed E-state index contributed by atoms with van der Waals surface area (Å²) in [5.41, 5.74) is 1.62. The van der Waals surface area contributed by atoms with E-state index in [0.717, 1.165) is 16.7 Å². The van der Waals surface area contributed by atoms with Crippen molar-refractivity contribution < 1.29 is 0 Å². The van der Waals surface area contributed by atoms with Crippen LogP contribution in [0.1, 0.15) is 40.0 Å². The first kappa shape index (κ1) is 5.76. The number of hydrogen-bond donors (Lipinski definition) is 0. The van der Waals surface area contributed by atoms with E-state index in [-0.39, 0.29) is 0 Å². The van der Waals surface area contributed by atoms with Gasteiger partial charge in [-0.05, 0) is 36.0 Å². The van der Waals surface area contributed by atoms with Crippen LogP contribution in [0, 0.1) is 16.7 Å². The number of fused-ring (bicyclic) bond motifs is 1. The van der Waals surface area contributed by atoms with Crippen LogP contribution in [0.2, 0.25) is 0 Å². The van der Waals surface area contributed by atoms with Gasteiger partial charge in [0, 0.05) is 0 Å². The number of hydrogen-bond acceptors (Lipinski definition) is 0. The largest absolute Gasteiger partial charge is 0.0648 e. The van der Waals surface area contributed by atoms with Gasteiger partial charge in [0.2, 0.25) is 0 Å². The average molecular weight is 124 g/mol. The summed E-state index contributed by atoms with van der Waals surface area (Å²) in [6, 6.07) is 0. The lowest BCUT2D eigenvalue weighted by molar-refractivity contribution is 0.190. The average Bonchev–Trinajstić information content (AvgIpc) is 2.13. The van der Waals surface area contributed by atoms with Crippen molar-refractivity contribution in [3.05, 3.63) is 0 Å². The van der Waals surface area contributed by atoms with Gasteiger partial charge in [0.05, 0.1) is 0 Å². The highest BCUT2D eigenvalue weighted by Gasteiger charge is 2.75. The summed E-state index contributed by atoms with van der Waals surface area (Å²) in [4.78, 5) is 0. The van der Waals surface area contributed by atoms with E-state index in [0.29, 0.717) is 0 Å². The lowest BCUT2D eigenvalue weighted by Crippen LogP contribution is -2.21. The first-order valence-electron chi connectivity index (χ1n) is 4.17. The van der Waals surface area contributed by atoms with E-state index >= 15 is 0 Å². The van der Waals surface area contributed by atoms with Crippen LogP contribution in [0.3, 0.4) is 0 Å². The minimum atomic E-state index is 0.793. The Balaban J connectivity index is 2.21. The van der Waals surface area contributed by atoms with Gasteiger partial charge < -0.3 is 0 Å². The predicted octanol–water partition coefficient (Wildman–Crippen LogP) is 2.83. The summed E-state index contributed by atoms with van der Waals surface area (Å²) < 4.78 is 0. The van der Waals surface area contributed by atoms with E-state index < -0.39 is 0 Å². The van der Waals surface area contributed by atoms with Crippen molar-refractivity contribution in [1.82, 2.24) is 0 Å². The predicted molar refractivity (Wildman–Crippen MR) is 39.2 cm³/mol. The Morgan fingerprint density at radius 2 is 2.11 bits per heavy atom. The summed E-state index contributed by atoms with van der Waals surface area (Å²) in [7, 11) is 0. The Labute approximate surface area is 57.6 Å². The molecule has 0 amide bonds. The lowest BCUT2D eigenvalue weighted by Gasteiger charge is -2.31. The molecule has 3 atom stereocenters. The molecule has 0 aromatic heterocycles. The van der Waals surface area contributed by atoms with Gasteiger partial charge in [0.15, 0.2) is 0 Å². The molecule has 0 heterocycles. The van der Waals surface area contributed by atoms with Gasteiger partial charge in [-0.1, -0.05) is 20.8 Å². The maximum absolute atomic E-state index is 2.46. The second-order valence-corrected chi connectivity index (χ2v) is 4.15. The molecule has 0 aromatic carbocycles. The smallest absolute Gasteiger partial charge is 0.0212 e. The minimum Gasteiger partial charge on any atom is -0.0648 e. The van der Waals surface area contributed by atoms with Crippen LogP contribution in [-0.4, -0.2) is 0 Å². The molecule has 0 saturated heterocycles. The lowest BCUT2D eigenvalue weighted by atomic mass is 9.74. The first-order chi connectivity index (χ1) is 4.17. The third-order valence-electron chi connectivity index (χ3n) is 4.56. The summed E-state index contributed by atoms with van der Waals surface area (Å²) in [5, 5.41) is 0. The van der Waals surface area contributed by atoms with Crippen LogP contribution in [0.4, 0.5) is 0 Å². The molecule has 2 aliphatic carbocycles. The zero-order valence-electron chi connectivity index (χ0n) is 6.70. The van der Waals surface area contributed by atoms with Crippen molar-refractivity contribution in [2.24, 2.45) is 16.7 Å². The van der Waals surface area contributed by atoms with Gasteiger partial charge in [0.25, 0.3) is 0 Å². The van der Waals surface area contributed by atoms with E-state index in [9.17, 15) is 0 Å². The molecule has 0 spiro atoms. The zero-order valence-corrected chi connectivity index (χ0v) is 6.70. The molecular formula is C9H16. The molecule has 52 valence electrons. The molecule has 0 nitrogen and oxygen atoms in total. The summed E-state index contributed by atoms with van der Waals surface area (Å²) in [5.74, 6) is 1.04. The number of rotatable bonds is 1. The highest BCUT2D eigenvalue weighted by Crippen LogP contribution is 2.82. The van der Waals surface area contributed by atoms with E-state index in [1.165, 1.54) is 19.3 Å². The Bertz CT molecular complexity index is 146. The maximum Gasteiger partial charge on any atom is -0.0212 e. The quantitative estimate of drug-likeness (QED) is 0.504. The fourth-order valence-corrected chi connectivity index (χ4v) is 3.27. The third kappa shape index (κ3) is 0.342. The minimum absolute atomic E-state index is 0.793. The molecule has 0 bridgehead atoms. The van der Waals surface area contributed by atoms with Crippen LogP contribution in [0.15, 0.2) is 0 Å². The van der Waals surface area contributed by atoms with Crippen molar-refractivity contribution in [1.29, 1.82) is 0 Å². The fourth-order valence-electron chi connectivity index (χ4n) is 3.27. The van der Waals surface area contributed by atoms with Gasteiger partial charge in [-0.15, -0.1) is 0 Å². The SMILES string of the molecule is CC[C@]12CC[C@@]1(C)[C@@H]2C. The monoisotopic (exact) mass is 124 g/mol. The molecule has 2 fully saturated rings. The van der Waals surface area contributed by atoms with Crippen LogP contribution >= 0.6 is 0 Å². The van der Waals surface area contributed by atoms with Crippen LogP contribution in [0.25, 0.3) is 0 Å². The van der Waals surface area contributed by atoms with E-state index in [1.807, 2.05) is 0 Å². The molecule has 0 heteroatoms. The molecule has 2 rings (SSSR count). The highest BCUT2D eigenvalue weighted by molar-refractivity contribution is 5.23. The van der Waals surface area contributed by atoms with Crippen LogP contribution in [-0.2, 0) is 0 Å². The van der Waals surface area contributed by atoms with Crippen LogP contribution in [0.5, 0.6) is 0 Å². The fraction of sp³-hybridized carbons (Fsp3) is 1.00. The summed E-state index contributed by atoms with van der Waals surface area (Å²) in [6.07, 6.45) is 4.44. The third-order valence-corrected chi connectivity index (χ3v) is 4.56. The molecule has 0 radical (unpaired) electrons. The molecule has 2 aliphatic rings. The summed E-state index contributed by atoms with van der Waals surface area (Å²) >= 11 is 0. The molecule has 0 unspecified atom stereocenters. The molecule has 0 N–H and O–H groups in total. The van der Waals surface area contributed by atoms with E-state index in [4.69, 9.17) is 0 Å². The van der Waals surface area contributed by atoms with Gasteiger partial charge >= 0.3 is 0 Å².